The van der Waals surface area contributed by atoms with Gasteiger partial charge in [-0.25, -0.2) is 0 Å². The van der Waals surface area contributed by atoms with Crippen molar-refractivity contribution < 1.29 is 24.2 Å². The van der Waals surface area contributed by atoms with Crippen LogP contribution < -0.4 is 9.47 Å². The zero-order valence-corrected chi connectivity index (χ0v) is 26.4. The van der Waals surface area contributed by atoms with Gasteiger partial charge in [-0.15, -0.1) is 0 Å². The molecular formula is C34H35NO5S2. The number of hydrogen-bond acceptors (Lipinski definition) is 6. The number of fused-ring (bicyclic) bond motifs is 1. The SMILES string of the molecule is COc1cc2c(cc1-c1c(/C=C3/SC(=S)N(CC(=O)O)C3=O)cc(-c3ccccc3)cc1OC)C(C)(C)CCC2(C)C. The maximum Gasteiger partial charge on any atom is 0.323 e. The van der Waals surface area contributed by atoms with Crippen LogP contribution in [0.5, 0.6) is 11.5 Å². The molecule has 0 bridgehead atoms. The molecule has 1 heterocycles. The molecule has 0 atom stereocenters. The van der Waals surface area contributed by atoms with Gasteiger partial charge in [0.1, 0.15) is 22.4 Å². The normalized spacial score (nSPS) is 18.2. The zero-order valence-electron chi connectivity index (χ0n) is 24.7. The first-order chi connectivity index (χ1) is 19.9. The third-order valence-corrected chi connectivity index (χ3v) is 9.73. The third-order valence-electron chi connectivity index (χ3n) is 8.36. The van der Waals surface area contributed by atoms with Crippen molar-refractivity contribution in [2.75, 3.05) is 20.8 Å². The van der Waals surface area contributed by atoms with Crippen molar-refractivity contribution in [3.8, 4) is 33.8 Å². The molecule has 1 N–H and O–H groups in total. The number of methoxy groups -OCH3 is 2. The standard InChI is InChI=1S/C34H35NO5S2/c1-33(2)12-13-34(3,4)25-18-26(39-5)23(17-24(25)33)30-22(16-28-31(38)35(19-29(36)37)32(41)42-28)14-21(15-27(30)40-6)20-10-8-7-9-11-20/h7-11,14-18H,12-13,19H2,1-6H3,(H,36,37)/b28-16+. The molecule has 1 aliphatic heterocycles. The Bertz CT molecular complexity index is 1620. The van der Waals surface area contributed by atoms with E-state index in [-0.39, 0.29) is 15.2 Å². The van der Waals surface area contributed by atoms with Crippen molar-refractivity contribution in [2.45, 2.75) is 51.4 Å². The number of thiocarbonyl (C=S) groups is 1. The topological polar surface area (TPSA) is 76.1 Å². The van der Waals surface area contributed by atoms with E-state index in [2.05, 4.69) is 39.8 Å². The molecule has 1 aliphatic carbocycles. The molecule has 0 spiro atoms. The van der Waals surface area contributed by atoms with Gasteiger partial charge in [-0.1, -0.05) is 82.0 Å². The minimum atomic E-state index is -1.12. The third kappa shape index (κ3) is 5.45. The van der Waals surface area contributed by atoms with Crippen LogP contribution in [0.3, 0.4) is 0 Å². The van der Waals surface area contributed by atoms with Crippen molar-refractivity contribution >= 4 is 46.3 Å². The van der Waals surface area contributed by atoms with E-state index in [4.69, 9.17) is 21.7 Å². The van der Waals surface area contributed by atoms with Crippen LogP contribution in [0.2, 0.25) is 0 Å². The van der Waals surface area contributed by atoms with Crippen molar-refractivity contribution in [3.05, 3.63) is 76.2 Å². The molecule has 3 aromatic rings. The molecule has 0 unspecified atom stereocenters. The Morgan fingerprint density at radius 3 is 2.17 bits per heavy atom. The van der Waals surface area contributed by atoms with Gasteiger partial charge in [-0.2, -0.15) is 0 Å². The second kappa shape index (κ2) is 11.2. The summed E-state index contributed by atoms with van der Waals surface area (Å²) >= 11 is 6.48. The molecule has 1 saturated heterocycles. The van der Waals surface area contributed by atoms with E-state index in [9.17, 15) is 14.7 Å². The lowest BCUT2D eigenvalue weighted by atomic mass is 9.62. The van der Waals surface area contributed by atoms with E-state index < -0.39 is 18.4 Å². The molecule has 42 heavy (non-hydrogen) atoms. The van der Waals surface area contributed by atoms with Crippen molar-refractivity contribution in [1.82, 2.24) is 4.90 Å². The van der Waals surface area contributed by atoms with Crippen LogP contribution in [0.4, 0.5) is 0 Å². The summed E-state index contributed by atoms with van der Waals surface area (Å²) in [6.07, 6.45) is 3.93. The molecule has 3 aromatic carbocycles. The van der Waals surface area contributed by atoms with Crippen molar-refractivity contribution in [3.63, 3.8) is 0 Å². The number of thioether (sulfide) groups is 1. The number of carboxylic acids is 1. The van der Waals surface area contributed by atoms with Gasteiger partial charge < -0.3 is 14.6 Å². The highest BCUT2D eigenvalue weighted by Crippen LogP contribution is 2.51. The summed E-state index contributed by atoms with van der Waals surface area (Å²) in [6, 6.07) is 18.4. The molecule has 1 fully saturated rings. The van der Waals surface area contributed by atoms with E-state index in [1.54, 1.807) is 20.3 Å². The Balaban J connectivity index is 1.79. The lowest BCUT2D eigenvalue weighted by Crippen LogP contribution is -2.33. The summed E-state index contributed by atoms with van der Waals surface area (Å²) in [5.41, 5.74) is 6.82. The molecule has 0 aromatic heterocycles. The van der Waals surface area contributed by atoms with Crippen LogP contribution in [0.15, 0.2) is 59.5 Å². The first-order valence-electron chi connectivity index (χ1n) is 13.8. The first kappa shape index (κ1) is 29.9. The van der Waals surface area contributed by atoms with Crippen LogP contribution in [-0.2, 0) is 20.4 Å². The highest BCUT2D eigenvalue weighted by molar-refractivity contribution is 8.26. The highest BCUT2D eigenvalue weighted by atomic mass is 32.2. The minimum Gasteiger partial charge on any atom is -0.496 e. The fraction of sp³-hybridized carbons (Fsp3) is 0.324. The number of carbonyl (C=O) groups is 2. The van der Waals surface area contributed by atoms with Crippen LogP contribution in [-0.4, -0.2) is 47.0 Å². The second-order valence-corrected chi connectivity index (χ2v) is 13.7. The Hall–Kier alpha value is -3.62. The maximum absolute atomic E-state index is 13.3. The van der Waals surface area contributed by atoms with Gasteiger partial charge in [0.2, 0.25) is 0 Å². The van der Waals surface area contributed by atoms with E-state index in [0.717, 1.165) is 63.1 Å². The Morgan fingerprint density at radius 2 is 1.57 bits per heavy atom. The van der Waals surface area contributed by atoms with Gasteiger partial charge in [0.25, 0.3) is 5.91 Å². The van der Waals surface area contributed by atoms with E-state index in [1.165, 1.54) is 11.1 Å². The monoisotopic (exact) mass is 601 g/mol. The summed E-state index contributed by atoms with van der Waals surface area (Å²) in [6.45, 7) is 8.63. The van der Waals surface area contributed by atoms with Gasteiger partial charge in [0.05, 0.1) is 19.1 Å². The van der Waals surface area contributed by atoms with Crippen LogP contribution in [0, 0.1) is 0 Å². The number of carbonyl (C=O) groups excluding carboxylic acids is 1. The summed E-state index contributed by atoms with van der Waals surface area (Å²) in [4.78, 5) is 26.2. The minimum absolute atomic E-state index is 0.00107. The number of hydrogen-bond donors (Lipinski definition) is 1. The predicted octanol–water partition coefficient (Wildman–Crippen LogP) is 7.67. The number of rotatable bonds is 7. The van der Waals surface area contributed by atoms with Crippen LogP contribution in [0.1, 0.15) is 57.2 Å². The first-order valence-corrected chi connectivity index (χ1v) is 15.1. The Kier molecular flexibility index (Phi) is 7.98. The fourth-order valence-corrected chi connectivity index (χ4v) is 7.11. The highest BCUT2D eigenvalue weighted by Gasteiger charge is 2.39. The van der Waals surface area contributed by atoms with E-state index in [0.29, 0.717) is 10.7 Å². The van der Waals surface area contributed by atoms with Crippen LogP contribution >= 0.6 is 24.0 Å². The number of amides is 1. The fourth-order valence-electron chi connectivity index (χ4n) is 5.87. The van der Waals surface area contributed by atoms with Crippen molar-refractivity contribution in [1.29, 1.82) is 0 Å². The number of aliphatic carboxylic acids is 1. The number of benzene rings is 3. The number of ether oxygens (including phenoxy) is 2. The Morgan fingerprint density at radius 1 is 0.952 bits per heavy atom. The number of nitrogens with zero attached hydrogens (tertiary/aromatic N) is 1. The molecule has 2 aliphatic rings. The summed E-state index contributed by atoms with van der Waals surface area (Å²) in [5.74, 6) is -0.193. The average molecular weight is 602 g/mol. The predicted molar refractivity (Wildman–Crippen MR) is 173 cm³/mol. The number of carboxylic acid groups (broad SMARTS) is 1. The molecule has 218 valence electrons. The Labute approximate surface area is 256 Å². The molecular weight excluding hydrogens is 567 g/mol. The molecule has 0 radical (unpaired) electrons. The van der Waals surface area contributed by atoms with Gasteiger partial charge in [-0.3, -0.25) is 14.5 Å². The lowest BCUT2D eigenvalue weighted by molar-refractivity contribution is -0.140. The average Bonchev–Trinajstić information content (AvgIpc) is 3.21. The van der Waals surface area contributed by atoms with Gasteiger partial charge in [-0.05, 0) is 81.8 Å². The molecule has 0 saturated carbocycles. The smallest absolute Gasteiger partial charge is 0.323 e. The van der Waals surface area contributed by atoms with Gasteiger partial charge >= 0.3 is 5.97 Å². The molecule has 1 amide bonds. The molecule has 8 heteroatoms. The van der Waals surface area contributed by atoms with Crippen LogP contribution in [0.25, 0.3) is 28.3 Å². The zero-order chi connectivity index (χ0) is 30.4. The lowest BCUT2D eigenvalue weighted by Gasteiger charge is -2.42. The summed E-state index contributed by atoms with van der Waals surface area (Å²) in [7, 11) is 3.31. The summed E-state index contributed by atoms with van der Waals surface area (Å²) < 4.78 is 12.3. The molecule has 6 nitrogen and oxygen atoms in total. The summed E-state index contributed by atoms with van der Waals surface area (Å²) in [5, 5.41) is 9.33. The molecule has 5 rings (SSSR count). The quantitative estimate of drug-likeness (QED) is 0.220. The van der Waals surface area contributed by atoms with Gasteiger partial charge in [0, 0.05) is 11.1 Å². The van der Waals surface area contributed by atoms with E-state index >= 15 is 0 Å². The second-order valence-electron chi connectivity index (χ2n) is 12.0. The largest absolute Gasteiger partial charge is 0.496 e. The van der Waals surface area contributed by atoms with Crippen molar-refractivity contribution in [2.24, 2.45) is 0 Å². The maximum atomic E-state index is 13.3. The van der Waals surface area contributed by atoms with E-state index in [1.807, 2.05) is 42.5 Å². The van der Waals surface area contributed by atoms with Gasteiger partial charge in [0.15, 0.2) is 0 Å².